The van der Waals surface area contributed by atoms with E-state index < -0.39 is 5.54 Å². The molecule has 5 nitrogen and oxygen atoms in total. The average Bonchev–Trinajstić information content (AvgIpc) is 3.19. The van der Waals surface area contributed by atoms with Crippen LogP contribution in [0.3, 0.4) is 0 Å². The van der Waals surface area contributed by atoms with Gasteiger partial charge in [-0.05, 0) is 66.9 Å². The summed E-state index contributed by atoms with van der Waals surface area (Å²) in [5.41, 5.74) is 2.59. The van der Waals surface area contributed by atoms with Crippen molar-refractivity contribution in [2.45, 2.75) is 32.9 Å². The molecule has 0 aliphatic heterocycles. The monoisotopic (exact) mass is 418 g/mol. The standard InChI is InChI=1S/C24H23ClN4O/c1-16-12-20(10-11-21(16)25)23(30)26-24(2,3)22-15-29(28-27-22)14-17-8-9-18-6-4-5-7-19(18)13-17/h4-13,15H,14H2,1-3H3,(H,26,30). The third kappa shape index (κ3) is 4.21. The van der Waals surface area contributed by atoms with Gasteiger partial charge in [0.1, 0.15) is 5.69 Å². The molecule has 0 aliphatic rings. The zero-order valence-electron chi connectivity index (χ0n) is 17.2. The molecule has 0 atom stereocenters. The number of halogens is 1. The van der Waals surface area contributed by atoms with Crippen molar-refractivity contribution < 1.29 is 4.79 Å². The normalized spacial score (nSPS) is 11.6. The molecule has 30 heavy (non-hydrogen) atoms. The van der Waals surface area contributed by atoms with Gasteiger partial charge in [-0.15, -0.1) is 5.10 Å². The SMILES string of the molecule is Cc1cc(C(=O)NC(C)(C)c2cn(Cc3ccc4ccccc4c3)nn2)ccc1Cl. The maximum Gasteiger partial charge on any atom is 0.252 e. The number of benzene rings is 3. The third-order valence-electron chi connectivity index (χ3n) is 5.18. The molecule has 0 fully saturated rings. The maximum atomic E-state index is 12.7. The molecule has 0 bridgehead atoms. The Morgan fingerprint density at radius 2 is 1.83 bits per heavy atom. The van der Waals surface area contributed by atoms with Gasteiger partial charge in [0.15, 0.2) is 0 Å². The number of nitrogens with zero attached hydrogens (tertiary/aromatic N) is 3. The van der Waals surface area contributed by atoms with E-state index in [0.717, 1.165) is 11.1 Å². The van der Waals surface area contributed by atoms with E-state index in [4.69, 9.17) is 11.6 Å². The van der Waals surface area contributed by atoms with Gasteiger partial charge in [-0.3, -0.25) is 4.79 Å². The summed E-state index contributed by atoms with van der Waals surface area (Å²) in [4.78, 5) is 12.7. The maximum absolute atomic E-state index is 12.7. The van der Waals surface area contributed by atoms with Crippen LogP contribution in [0, 0.1) is 6.92 Å². The highest BCUT2D eigenvalue weighted by atomic mass is 35.5. The Kier molecular flexibility index (Phi) is 5.31. The molecule has 1 amide bonds. The van der Waals surface area contributed by atoms with E-state index in [-0.39, 0.29) is 5.91 Å². The first-order valence-corrected chi connectivity index (χ1v) is 10.2. The van der Waals surface area contributed by atoms with Crippen molar-refractivity contribution >= 4 is 28.3 Å². The average molecular weight is 419 g/mol. The quantitative estimate of drug-likeness (QED) is 0.490. The second-order valence-corrected chi connectivity index (χ2v) is 8.43. The molecule has 0 saturated heterocycles. The van der Waals surface area contributed by atoms with Crippen LogP contribution in [0.15, 0.2) is 66.9 Å². The van der Waals surface area contributed by atoms with Gasteiger partial charge >= 0.3 is 0 Å². The Morgan fingerprint density at radius 1 is 1.07 bits per heavy atom. The summed E-state index contributed by atoms with van der Waals surface area (Å²) in [6.45, 7) is 6.32. The first-order chi connectivity index (χ1) is 14.3. The van der Waals surface area contributed by atoms with Crippen molar-refractivity contribution in [2.75, 3.05) is 0 Å². The Labute approximate surface area is 180 Å². The number of carbonyl (C=O) groups is 1. The van der Waals surface area contributed by atoms with Gasteiger partial charge in [0.2, 0.25) is 0 Å². The van der Waals surface area contributed by atoms with Crippen molar-refractivity contribution in [1.29, 1.82) is 0 Å². The van der Waals surface area contributed by atoms with Crippen molar-refractivity contribution in [3.63, 3.8) is 0 Å². The van der Waals surface area contributed by atoms with Gasteiger partial charge in [-0.2, -0.15) is 0 Å². The molecule has 1 aromatic heterocycles. The van der Waals surface area contributed by atoms with E-state index in [2.05, 4.69) is 46.0 Å². The second-order valence-electron chi connectivity index (χ2n) is 8.03. The molecule has 0 aliphatic carbocycles. The van der Waals surface area contributed by atoms with Crippen LogP contribution in [0.1, 0.15) is 41.0 Å². The molecule has 1 heterocycles. The molecule has 3 aromatic carbocycles. The van der Waals surface area contributed by atoms with Crippen molar-refractivity contribution in [3.8, 4) is 0 Å². The van der Waals surface area contributed by atoms with Crippen LogP contribution < -0.4 is 5.32 Å². The molecular formula is C24H23ClN4O. The van der Waals surface area contributed by atoms with E-state index in [0.29, 0.717) is 22.8 Å². The highest BCUT2D eigenvalue weighted by Gasteiger charge is 2.27. The van der Waals surface area contributed by atoms with E-state index in [1.54, 1.807) is 22.9 Å². The summed E-state index contributed by atoms with van der Waals surface area (Å²) in [6.07, 6.45) is 1.88. The number of aryl methyl sites for hydroxylation is 1. The summed E-state index contributed by atoms with van der Waals surface area (Å²) in [5.74, 6) is -0.177. The molecule has 4 aromatic rings. The molecule has 0 spiro atoms. The van der Waals surface area contributed by atoms with Crippen LogP contribution >= 0.6 is 11.6 Å². The van der Waals surface area contributed by atoms with Gasteiger partial charge in [0.25, 0.3) is 5.91 Å². The Balaban J connectivity index is 1.49. The lowest BCUT2D eigenvalue weighted by Crippen LogP contribution is -2.41. The minimum atomic E-state index is -0.674. The number of nitrogens with one attached hydrogen (secondary N) is 1. The molecular weight excluding hydrogens is 396 g/mol. The van der Waals surface area contributed by atoms with E-state index in [1.807, 2.05) is 39.1 Å². The zero-order valence-corrected chi connectivity index (χ0v) is 17.9. The summed E-state index contributed by atoms with van der Waals surface area (Å²) < 4.78 is 1.79. The van der Waals surface area contributed by atoms with Gasteiger partial charge in [0.05, 0.1) is 18.3 Å². The largest absolute Gasteiger partial charge is 0.341 e. The van der Waals surface area contributed by atoms with Gasteiger partial charge in [0, 0.05) is 10.6 Å². The third-order valence-corrected chi connectivity index (χ3v) is 5.61. The predicted molar refractivity (Wildman–Crippen MR) is 120 cm³/mol. The van der Waals surface area contributed by atoms with E-state index in [9.17, 15) is 4.79 Å². The fourth-order valence-corrected chi connectivity index (χ4v) is 3.51. The number of rotatable bonds is 5. The second kappa shape index (κ2) is 7.92. The Hall–Kier alpha value is -3.18. The Morgan fingerprint density at radius 3 is 2.60 bits per heavy atom. The smallest absolute Gasteiger partial charge is 0.252 e. The van der Waals surface area contributed by atoms with Gasteiger partial charge in [-0.25, -0.2) is 4.68 Å². The predicted octanol–water partition coefficient (Wildman–Crippen LogP) is 5.11. The molecule has 6 heteroatoms. The first kappa shape index (κ1) is 20.1. The fraction of sp³-hybridized carbons (Fsp3) is 0.208. The highest BCUT2D eigenvalue weighted by Crippen LogP contribution is 2.21. The van der Waals surface area contributed by atoms with Gasteiger partial charge < -0.3 is 5.32 Å². The highest BCUT2D eigenvalue weighted by molar-refractivity contribution is 6.31. The lowest BCUT2D eigenvalue weighted by Gasteiger charge is -2.23. The molecule has 4 rings (SSSR count). The minimum Gasteiger partial charge on any atom is -0.341 e. The van der Waals surface area contributed by atoms with Crippen LogP contribution in [0.25, 0.3) is 10.8 Å². The minimum absolute atomic E-state index is 0.177. The molecule has 0 unspecified atom stereocenters. The zero-order chi connectivity index (χ0) is 21.3. The number of hydrogen-bond acceptors (Lipinski definition) is 3. The summed E-state index contributed by atoms with van der Waals surface area (Å²) in [5, 5.41) is 14.6. The molecule has 0 radical (unpaired) electrons. The van der Waals surface area contributed by atoms with Gasteiger partial charge in [-0.1, -0.05) is 53.2 Å². The summed E-state index contributed by atoms with van der Waals surface area (Å²) in [7, 11) is 0. The van der Waals surface area contributed by atoms with Crippen molar-refractivity contribution in [2.24, 2.45) is 0 Å². The fourth-order valence-electron chi connectivity index (χ4n) is 3.39. The van der Waals surface area contributed by atoms with Crippen LogP contribution in [0.4, 0.5) is 0 Å². The lowest BCUT2D eigenvalue weighted by atomic mass is 10.0. The van der Waals surface area contributed by atoms with E-state index >= 15 is 0 Å². The van der Waals surface area contributed by atoms with Crippen molar-refractivity contribution in [3.05, 3.63) is 94.3 Å². The molecule has 0 saturated carbocycles. The summed E-state index contributed by atoms with van der Waals surface area (Å²) >= 11 is 6.06. The molecule has 152 valence electrons. The van der Waals surface area contributed by atoms with Crippen LogP contribution in [-0.4, -0.2) is 20.9 Å². The lowest BCUT2D eigenvalue weighted by molar-refractivity contribution is 0.0910. The topological polar surface area (TPSA) is 59.8 Å². The first-order valence-electron chi connectivity index (χ1n) is 9.79. The van der Waals surface area contributed by atoms with Crippen LogP contribution in [-0.2, 0) is 12.1 Å². The number of fused-ring (bicyclic) bond motifs is 1. The van der Waals surface area contributed by atoms with Crippen LogP contribution in [0.2, 0.25) is 5.02 Å². The van der Waals surface area contributed by atoms with Crippen molar-refractivity contribution in [1.82, 2.24) is 20.3 Å². The van der Waals surface area contributed by atoms with Crippen LogP contribution in [0.5, 0.6) is 0 Å². The number of carbonyl (C=O) groups excluding carboxylic acids is 1. The van der Waals surface area contributed by atoms with E-state index in [1.165, 1.54) is 10.8 Å². The molecule has 1 N–H and O–H groups in total. The number of hydrogen-bond donors (Lipinski definition) is 1. The number of aromatic nitrogens is 3. The number of amides is 1. The Bertz CT molecular complexity index is 1230. The summed E-state index contributed by atoms with van der Waals surface area (Å²) in [6, 6.07) is 19.9.